The van der Waals surface area contributed by atoms with Crippen LogP contribution in [0.25, 0.3) is 0 Å². The predicted molar refractivity (Wildman–Crippen MR) is 115 cm³/mol. The number of anilines is 1. The van der Waals surface area contributed by atoms with E-state index in [2.05, 4.69) is 25.0 Å². The lowest BCUT2D eigenvalue weighted by molar-refractivity contribution is -0.157. The Labute approximate surface area is 199 Å². The van der Waals surface area contributed by atoms with Gasteiger partial charge in [0.1, 0.15) is 23.4 Å². The molecule has 0 fully saturated rings. The molecule has 13 nitrogen and oxygen atoms in total. The lowest BCUT2D eigenvalue weighted by Crippen LogP contribution is -2.36. The molecule has 0 aliphatic rings. The van der Waals surface area contributed by atoms with Crippen LogP contribution in [0.2, 0.25) is 5.02 Å². The smallest absolute Gasteiger partial charge is 0.335 e. The summed E-state index contributed by atoms with van der Waals surface area (Å²) in [7, 11) is -0.929. The van der Waals surface area contributed by atoms with Gasteiger partial charge in [0.2, 0.25) is 17.7 Å². The number of alkyl halides is 1. The SMILES string of the molecule is COCC(=O)O[C@H](c1nccc(Cl)c1S(=O)(=O)NC(=O)Nc1nc(OC)cc(OC)n1)[C@H](C)F. The summed E-state index contributed by atoms with van der Waals surface area (Å²) < 4.78 is 61.5. The van der Waals surface area contributed by atoms with Crippen LogP contribution in [-0.4, -0.2) is 69.5 Å². The van der Waals surface area contributed by atoms with E-state index in [1.807, 2.05) is 0 Å². The summed E-state index contributed by atoms with van der Waals surface area (Å²) in [5.74, 6) is -1.26. The van der Waals surface area contributed by atoms with Crippen LogP contribution in [-0.2, 0) is 24.3 Å². The molecule has 0 aromatic carbocycles. The van der Waals surface area contributed by atoms with Crippen molar-refractivity contribution in [1.82, 2.24) is 19.7 Å². The summed E-state index contributed by atoms with van der Waals surface area (Å²) in [4.78, 5) is 35.0. The number of nitrogens with zero attached hydrogens (tertiary/aromatic N) is 3. The largest absolute Gasteiger partial charge is 0.481 e. The first-order valence-electron chi connectivity index (χ1n) is 9.30. The molecule has 0 unspecified atom stereocenters. The van der Waals surface area contributed by atoms with E-state index in [0.29, 0.717) is 0 Å². The molecule has 34 heavy (non-hydrogen) atoms. The average molecular weight is 522 g/mol. The van der Waals surface area contributed by atoms with E-state index in [1.165, 1.54) is 27.4 Å². The third-order valence-electron chi connectivity index (χ3n) is 3.91. The number of ether oxygens (including phenoxy) is 4. The Morgan fingerprint density at radius 2 is 1.79 bits per heavy atom. The molecule has 16 heteroatoms. The first-order valence-corrected chi connectivity index (χ1v) is 11.2. The molecule has 0 bridgehead atoms. The molecule has 0 saturated carbocycles. The summed E-state index contributed by atoms with van der Waals surface area (Å²) in [6.07, 6.45) is -2.57. The molecule has 0 spiro atoms. The number of halogens is 2. The summed E-state index contributed by atoms with van der Waals surface area (Å²) in [5, 5.41) is 1.70. The van der Waals surface area contributed by atoms with Crippen molar-refractivity contribution < 1.29 is 41.3 Å². The molecule has 186 valence electrons. The van der Waals surface area contributed by atoms with Crippen molar-refractivity contribution in [2.75, 3.05) is 33.3 Å². The Balaban J connectivity index is 2.37. The van der Waals surface area contributed by atoms with Gasteiger partial charge in [0.05, 0.1) is 25.3 Å². The fourth-order valence-corrected chi connectivity index (χ4v) is 4.16. The maximum absolute atomic E-state index is 14.3. The molecular formula is C18H21ClFN5O8S. The van der Waals surface area contributed by atoms with Gasteiger partial charge >= 0.3 is 12.0 Å². The molecule has 2 heterocycles. The molecule has 0 radical (unpaired) electrons. The van der Waals surface area contributed by atoms with Crippen molar-refractivity contribution in [1.29, 1.82) is 0 Å². The van der Waals surface area contributed by atoms with E-state index < -0.39 is 56.5 Å². The van der Waals surface area contributed by atoms with Gasteiger partial charge in [-0.2, -0.15) is 9.97 Å². The fourth-order valence-electron chi connectivity index (χ4n) is 2.54. The molecule has 0 aliphatic heterocycles. The van der Waals surface area contributed by atoms with E-state index in [0.717, 1.165) is 19.2 Å². The maximum Gasteiger partial charge on any atom is 0.335 e. The number of hydrogen-bond acceptors (Lipinski definition) is 11. The number of aromatic nitrogens is 3. The molecular weight excluding hydrogens is 501 g/mol. The van der Waals surface area contributed by atoms with Crippen molar-refractivity contribution in [2.24, 2.45) is 0 Å². The zero-order valence-electron chi connectivity index (χ0n) is 18.4. The quantitative estimate of drug-likeness (QED) is 0.436. The zero-order valence-corrected chi connectivity index (χ0v) is 19.9. The summed E-state index contributed by atoms with van der Waals surface area (Å²) in [6.45, 7) is 0.508. The summed E-state index contributed by atoms with van der Waals surface area (Å²) in [5.41, 5.74) is -0.536. The number of esters is 1. The number of hydrogen-bond donors (Lipinski definition) is 2. The van der Waals surface area contributed by atoms with Crippen LogP contribution in [0.1, 0.15) is 18.7 Å². The highest BCUT2D eigenvalue weighted by Crippen LogP contribution is 2.32. The maximum atomic E-state index is 14.3. The topological polar surface area (TPSA) is 168 Å². The van der Waals surface area contributed by atoms with Crippen LogP contribution in [0.15, 0.2) is 23.2 Å². The van der Waals surface area contributed by atoms with Crippen molar-refractivity contribution in [3.63, 3.8) is 0 Å². The average Bonchev–Trinajstić information content (AvgIpc) is 2.76. The third-order valence-corrected chi connectivity index (χ3v) is 5.76. The van der Waals surface area contributed by atoms with E-state index >= 15 is 0 Å². The van der Waals surface area contributed by atoms with Crippen molar-refractivity contribution in [2.45, 2.75) is 24.1 Å². The standard InChI is InChI=1S/C18H21ClFN5O8S/c1-9(20)15(33-13(26)8-30-2)14-16(10(19)5-6-21-14)34(28,29)25-18(27)24-17-22-11(31-3)7-12(23-17)32-4/h5-7,9,15H,8H2,1-4H3,(H2,22,23,24,25,27)/t9-,15-/m0/s1. The van der Waals surface area contributed by atoms with Gasteiger partial charge in [0.25, 0.3) is 10.0 Å². The fraction of sp³-hybridized carbons (Fsp3) is 0.389. The second kappa shape index (κ2) is 11.7. The van der Waals surface area contributed by atoms with E-state index in [1.54, 1.807) is 4.72 Å². The highest BCUT2D eigenvalue weighted by atomic mass is 35.5. The summed E-state index contributed by atoms with van der Waals surface area (Å²) in [6, 6.07) is 1.14. The second-order valence-corrected chi connectivity index (χ2v) is 8.39. The first-order chi connectivity index (χ1) is 16.0. The Morgan fingerprint density at radius 1 is 1.18 bits per heavy atom. The van der Waals surface area contributed by atoms with Crippen LogP contribution >= 0.6 is 11.6 Å². The monoisotopic (exact) mass is 521 g/mol. The van der Waals surface area contributed by atoms with Crippen LogP contribution in [0, 0.1) is 0 Å². The Bertz CT molecular complexity index is 1130. The minimum atomic E-state index is -4.76. The lowest BCUT2D eigenvalue weighted by Gasteiger charge is -2.21. The van der Waals surface area contributed by atoms with E-state index in [-0.39, 0.29) is 17.7 Å². The Hall–Kier alpha value is -3.30. The molecule has 0 saturated heterocycles. The van der Waals surface area contributed by atoms with Gasteiger partial charge in [-0.25, -0.2) is 27.1 Å². The number of amides is 2. The highest BCUT2D eigenvalue weighted by molar-refractivity contribution is 7.90. The van der Waals surface area contributed by atoms with Gasteiger partial charge in [-0.1, -0.05) is 11.6 Å². The van der Waals surface area contributed by atoms with E-state index in [9.17, 15) is 22.4 Å². The molecule has 2 N–H and O–H groups in total. The second-order valence-electron chi connectivity index (χ2n) is 6.36. The van der Waals surface area contributed by atoms with Crippen molar-refractivity contribution in [3.8, 4) is 11.8 Å². The van der Waals surface area contributed by atoms with Crippen molar-refractivity contribution >= 4 is 39.6 Å². The number of methoxy groups -OCH3 is 3. The van der Waals surface area contributed by atoms with Gasteiger partial charge in [-0.15, -0.1) is 0 Å². The minimum Gasteiger partial charge on any atom is -0.481 e. The Morgan fingerprint density at radius 3 is 2.32 bits per heavy atom. The Kier molecular flexibility index (Phi) is 9.28. The highest BCUT2D eigenvalue weighted by Gasteiger charge is 2.34. The number of nitrogens with one attached hydrogen (secondary N) is 2. The van der Waals surface area contributed by atoms with Gasteiger partial charge < -0.3 is 18.9 Å². The molecule has 2 atom stereocenters. The van der Waals surface area contributed by atoms with Crippen LogP contribution in [0.5, 0.6) is 11.8 Å². The van der Waals surface area contributed by atoms with E-state index in [4.69, 9.17) is 25.8 Å². The minimum absolute atomic E-state index is 0.0280. The van der Waals surface area contributed by atoms with Gasteiger partial charge in [-0.05, 0) is 13.0 Å². The van der Waals surface area contributed by atoms with Crippen LogP contribution in [0.3, 0.4) is 0 Å². The lowest BCUT2D eigenvalue weighted by atomic mass is 10.1. The zero-order chi connectivity index (χ0) is 25.5. The molecule has 2 aromatic rings. The molecule has 2 rings (SSSR count). The normalized spacial score (nSPS) is 12.9. The number of pyridine rings is 1. The predicted octanol–water partition coefficient (Wildman–Crippen LogP) is 1.64. The van der Waals surface area contributed by atoms with Crippen LogP contribution in [0.4, 0.5) is 15.1 Å². The number of urea groups is 1. The number of carbonyl (C=O) groups is 2. The number of rotatable bonds is 10. The van der Waals surface area contributed by atoms with Crippen LogP contribution < -0.4 is 19.5 Å². The number of sulfonamides is 1. The molecule has 0 aliphatic carbocycles. The third kappa shape index (κ3) is 6.85. The van der Waals surface area contributed by atoms with Crippen molar-refractivity contribution in [3.05, 3.63) is 29.0 Å². The van der Waals surface area contributed by atoms with Gasteiger partial charge in [0.15, 0.2) is 6.10 Å². The summed E-state index contributed by atoms with van der Waals surface area (Å²) >= 11 is 6.05. The molecule has 2 aromatic heterocycles. The molecule has 2 amide bonds. The van der Waals surface area contributed by atoms with Gasteiger partial charge in [-0.3, -0.25) is 10.3 Å². The first kappa shape index (κ1) is 26.9. The van der Waals surface area contributed by atoms with Gasteiger partial charge in [0, 0.05) is 13.3 Å². The number of carbonyl (C=O) groups excluding carboxylic acids is 2.